The van der Waals surface area contributed by atoms with E-state index in [0.29, 0.717) is 12.5 Å². The maximum absolute atomic E-state index is 11.7. The summed E-state index contributed by atoms with van der Waals surface area (Å²) < 4.78 is 0. The van der Waals surface area contributed by atoms with Gasteiger partial charge in [0.1, 0.15) is 0 Å². The van der Waals surface area contributed by atoms with Gasteiger partial charge in [-0.1, -0.05) is 26.7 Å². The van der Waals surface area contributed by atoms with E-state index in [9.17, 15) is 4.79 Å². The quantitative estimate of drug-likeness (QED) is 0.810. The molecule has 18 heavy (non-hydrogen) atoms. The molecule has 0 bridgehead atoms. The van der Waals surface area contributed by atoms with Crippen molar-refractivity contribution in [1.29, 1.82) is 0 Å². The zero-order valence-corrected chi connectivity index (χ0v) is 12.7. The third kappa shape index (κ3) is 5.38. The van der Waals surface area contributed by atoms with Gasteiger partial charge in [0.05, 0.1) is 0 Å². The molecule has 1 aliphatic rings. The van der Waals surface area contributed by atoms with Gasteiger partial charge in [-0.3, -0.25) is 4.79 Å². The highest BCUT2D eigenvalue weighted by Crippen LogP contribution is 2.29. The lowest BCUT2D eigenvalue weighted by Crippen LogP contribution is -2.44. The fourth-order valence-corrected chi connectivity index (χ4v) is 2.72. The number of amides is 1. The molecular weight excluding hydrogens is 224 g/mol. The van der Waals surface area contributed by atoms with E-state index in [-0.39, 0.29) is 11.4 Å². The highest BCUT2D eigenvalue weighted by molar-refractivity contribution is 5.76. The van der Waals surface area contributed by atoms with E-state index in [1.165, 1.54) is 19.3 Å². The van der Waals surface area contributed by atoms with Crippen molar-refractivity contribution < 1.29 is 4.79 Å². The van der Waals surface area contributed by atoms with Gasteiger partial charge in [-0.15, -0.1) is 0 Å². The van der Waals surface area contributed by atoms with Crippen LogP contribution in [0, 0.1) is 11.8 Å². The van der Waals surface area contributed by atoms with Crippen molar-refractivity contribution >= 4 is 5.91 Å². The molecule has 106 valence electrons. The van der Waals surface area contributed by atoms with Gasteiger partial charge >= 0.3 is 0 Å². The summed E-state index contributed by atoms with van der Waals surface area (Å²) in [5, 5.41) is 6.56. The topological polar surface area (TPSA) is 41.1 Å². The van der Waals surface area contributed by atoms with E-state index in [2.05, 4.69) is 24.5 Å². The lowest BCUT2D eigenvalue weighted by Gasteiger charge is -2.34. The van der Waals surface area contributed by atoms with Gasteiger partial charge in [0.25, 0.3) is 0 Å². The Balaban J connectivity index is 2.23. The van der Waals surface area contributed by atoms with Crippen molar-refractivity contribution in [3.8, 4) is 0 Å². The number of hydrogen-bond donors (Lipinski definition) is 2. The average molecular weight is 254 g/mol. The Kier molecular flexibility index (Phi) is 5.64. The predicted octanol–water partition coefficient (Wildman–Crippen LogP) is 2.71. The van der Waals surface area contributed by atoms with Gasteiger partial charge in [-0.2, -0.15) is 0 Å². The number of nitrogens with one attached hydrogen (secondary N) is 2. The van der Waals surface area contributed by atoms with E-state index in [1.807, 2.05) is 20.8 Å². The van der Waals surface area contributed by atoms with Crippen molar-refractivity contribution in [3.05, 3.63) is 0 Å². The van der Waals surface area contributed by atoms with Crippen LogP contribution >= 0.6 is 0 Å². The number of carbonyl (C=O) groups is 1. The fraction of sp³-hybridized carbons (Fsp3) is 0.933. The summed E-state index contributed by atoms with van der Waals surface area (Å²) in [6.07, 6.45) is 4.50. The van der Waals surface area contributed by atoms with Crippen molar-refractivity contribution in [2.75, 3.05) is 6.54 Å². The van der Waals surface area contributed by atoms with Crippen molar-refractivity contribution in [2.45, 2.75) is 71.9 Å². The summed E-state index contributed by atoms with van der Waals surface area (Å²) in [7, 11) is 0. The molecule has 2 N–H and O–H groups in total. The Morgan fingerprint density at radius 3 is 2.50 bits per heavy atom. The molecule has 0 saturated heterocycles. The van der Waals surface area contributed by atoms with Crippen LogP contribution in [-0.4, -0.2) is 24.0 Å². The SMILES string of the molecule is CC1CCCC(NCCC(=O)NC(C)(C)C)C1C. The lowest BCUT2D eigenvalue weighted by atomic mass is 9.78. The molecule has 3 unspecified atom stereocenters. The molecule has 0 aromatic rings. The Bertz CT molecular complexity index is 270. The van der Waals surface area contributed by atoms with Crippen LogP contribution in [-0.2, 0) is 4.79 Å². The highest BCUT2D eigenvalue weighted by Gasteiger charge is 2.26. The zero-order valence-electron chi connectivity index (χ0n) is 12.7. The molecule has 3 atom stereocenters. The van der Waals surface area contributed by atoms with Gasteiger partial charge in [-0.25, -0.2) is 0 Å². The number of carbonyl (C=O) groups excluding carboxylic acids is 1. The minimum Gasteiger partial charge on any atom is -0.351 e. The molecule has 1 amide bonds. The summed E-state index contributed by atoms with van der Waals surface area (Å²) in [5.41, 5.74) is -0.121. The molecule has 0 spiro atoms. The van der Waals surface area contributed by atoms with E-state index in [4.69, 9.17) is 0 Å². The van der Waals surface area contributed by atoms with Gasteiger partial charge in [0.2, 0.25) is 5.91 Å². The fourth-order valence-electron chi connectivity index (χ4n) is 2.72. The summed E-state index contributed by atoms with van der Waals surface area (Å²) in [6.45, 7) is 11.5. The molecule has 3 heteroatoms. The third-order valence-corrected chi connectivity index (χ3v) is 3.98. The average Bonchev–Trinajstić information content (AvgIpc) is 2.21. The number of hydrogen-bond acceptors (Lipinski definition) is 2. The molecule has 0 aromatic heterocycles. The number of rotatable bonds is 4. The van der Waals surface area contributed by atoms with Gasteiger partial charge in [0.15, 0.2) is 0 Å². The minimum absolute atomic E-state index is 0.121. The highest BCUT2D eigenvalue weighted by atomic mass is 16.1. The molecule has 0 aromatic carbocycles. The monoisotopic (exact) mass is 254 g/mol. The Labute approximate surface area is 112 Å². The van der Waals surface area contributed by atoms with Crippen LogP contribution < -0.4 is 10.6 Å². The molecule has 1 fully saturated rings. The largest absolute Gasteiger partial charge is 0.351 e. The maximum Gasteiger partial charge on any atom is 0.221 e. The van der Waals surface area contributed by atoms with Crippen LogP contribution in [0.3, 0.4) is 0 Å². The molecule has 3 nitrogen and oxygen atoms in total. The first-order chi connectivity index (χ1) is 8.29. The normalized spacial score (nSPS) is 29.1. The second-order valence-electron chi connectivity index (χ2n) is 6.88. The summed E-state index contributed by atoms with van der Waals surface area (Å²) in [4.78, 5) is 11.7. The molecule has 0 heterocycles. The first-order valence-corrected chi connectivity index (χ1v) is 7.34. The Morgan fingerprint density at radius 1 is 1.22 bits per heavy atom. The zero-order chi connectivity index (χ0) is 13.8. The Hall–Kier alpha value is -0.570. The van der Waals surface area contributed by atoms with Crippen LogP contribution in [0.5, 0.6) is 0 Å². The van der Waals surface area contributed by atoms with Gasteiger partial charge < -0.3 is 10.6 Å². The second-order valence-corrected chi connectivity index (χ2v) is 6.88. The van der Waals surface area contributed by atoms with Gasteiger partial charge in [-0.05, 0) is 39.0 Å². The van der Waals surface area contributed by atoms with Crippen molar-refractivity contribution in [1.82, 2.24) is 10.6 Å². The third-order valence-electron chi connectivity index (χ3n) is 3.98. The van der Waals surface area contributed by atoms with E-state index in [0.717, 1.165) is 18.4 Å². The van der Waals surface area contributed by atoms with Crippen LogP contribution in [0.15, 0.2) is 0 Å². The summed E-state index contributed by atoms with van der Waals surface area (Å²) in [5.74, 6) is 1.68. The first kappa shape index (κ1) is 15.5. The van der Waals surface area contributed by atoms with Gasteiger partial charge in [0, 0.05) is 24.5 Å². The van der Waals surface area contributed by atoms with Crippen LogP contribution in [0.25, 0.3) is 0 Å². The van der Waals surface area contributed by atoms with Crippen LogP contribution in [0.2, 0.25) is 0 Å². The van der Waals surface area contributed by atoms with Crippen LogP contribution in [0.1, 0.15) is 60.3 Å². The maximum atomic E-state index is 11.7. The standard InChI is InChI=1S/C15H30N2O/c1-11-7-6-8-13(12(11)2)16-10-9-14(18)17-15(3,4)5/h11-13,16H,6-10H2,1-5H3,(H,17,18). The minimum atomic E-state index is -0.121. The van der Waals surface area contributed by atoms with E-state index < -0.39 is 0 Å². The Morgan fingerprint density at radius 2 is 1.89 bits per heavy atom. The molecule has 1 rings (SSSR count). The molecule has 1 saturated carbocycles. The van der Waals surface area contributed by atoms with E-state index >= 15 is 0 Å². The molecule has 1 aliphatic carbocycles. The summed E-state index contributed by atoms with van der Waals surface area (Å²) >= 11 is 0. The second kappa shape index (κ2) is 6.55. The van der Waals surface area contributed by atoms with Crippen LogP contribution in [0.4, 0.5) is 0 Å². The smallest absolute Gasteiger partial charge is 0.221 e. The summed E-state index contributed by atoms with van der Waals surface area (Å²) in [6, 6.07) is 0.594. The molecule has 0 radical (unpaired) electrons. The lowest BCUT2D eigenvalue weighted by molar-refractivity contribution is -0.122. The predicted molar refractivity (Wildman–Crippen MR) is 76.5 cm³/mol. The molecular formula is C15H30N2O. The van der Waals surface area contributed by atoms with Crippen molar-refractivity contribution in [2.24, 2.45) is 11.8 Å². The van der Waals surface area contributed by atoms with Crippen molar-refractivity contribution in [3.63, 3.8) is 0 Å². The molecule has 0 aliphatic heterocycles. The first-order valence-electron chi connectivity index (χ1n) is 7.34. The van der Waals surface area contributed by atoms with E-state index in [1.54, 1.807) is 0 Å².